The van der Waals surface area contributed by atoms with Gasteiger partial charge < -0.3 is 5.32 Å². The van der Waals surface area contributed by atoms with Crippen LogP contribution in [0.15, 0.2) is 66.7 Å². The Kier molecular flexibility index (Phi) is 5.40. The predicted molar refractivity (Wildman–Crippen MR) is 120 cm³/mol. The van der Waals surface area contributed by atoms with Crippen molar-refractivity contribution in [3.8, 4) is 0 Å². The molecule has 0 fully saturated rings. The molecule has 5 heteroatoms. The molecule has 140 valence electrons. The van der Waals surface area contributed by atoms with Gasteiger partial charge in [-0.3, -0.25) is 4.79 Å². The van der Waals surface area contributed by atoms with E-state index in [0.717, 1.165) is 15.6 Å². The first kappa shape index (κ1) is 19.0. The third-order valence-corrected chi connectivity index (χ3v) is 6.36. The summed E-state index contributed by atoms with van der Waals surface area (Å²) < 4.78 is 1.09. The summed E-state index contributed by atoms with van der Waals surface area (Å²) in [6, 6.07) is 21.5. The minimum atomic E-state index is -0.174. The summed E-state index contributed by atoms with van der Waals surface area (Å²) in [5, 5.41) is 5.01. The van der Waals surface area contributed by atoms with Crippen molar-refractivity contribution in [2.45, 2.75) is 13.3 Å². The van der Waals surface area contributed by atoms with Crippen LogP contribution in [-0.4, -0.2) is 5.91 Å². The summed E-state index contributed by atoms with van der Waals surface area (Å²) in [5.74, 6) is -0.174. The van der Waals surface area contributed by atoms with E-state index in [1.807, 2.05) is 18.2 Å². The largest absolute Gasteiger partial charge is 0.320 e. The van der Waals surface area contributed by atoms with E-state index in [1.54, 1.807) is 18.2 Å². The molecule has 0 atom stereocenters. The second kappa shape index (κ2) is 7.96. The highest BCUT2D eigenvalue weighted by Gasteiger charge is 2.19. The molecule has 2 nitrogen and oxygen atoms in total. The van der Waals surface area contributed by atoms with E-state index in [9.17, 15) is 4.79 Å². The van der Waals surface area contributed by atoms with Gasteiger partial charge in [-0.1, -0.05) is 71.2 Å². The highest BCUT2D eigenvalue weighted by molar-refractivity contribution is 7.21. The zero-order valence-corrected chi connectivity index (χ0v) is 17.5. The average Bonchev–Trinajstić information content (AvgIpc) is 3.05. The summed E-state index contributed by atoms with van der Waals surface area (Å²) in [6.07, 6.45) is 0.691. The molecule has 0 spiro atoms. The minimum Gasteiger partial charge on any atom is -0.320 e. The number of halogens is 2. The Balaban J connectivity index is 1.74. The first-order valence-corrected chi connectivity index (χ1v) is 10.4. The van der Waals surface area contributed by atoms with Gasteiger partial charge in [0.1, 0.15) is 0 Å². The van der Waals surface area contributed by atoms with E-state index in [2.05, 4.69) is 42.6 Å². The normalized spacial score (nSPS) is 11.0. The third kappa shape index (κ3) is 3.93. The maximum atomic E-state index is 13.1. The van der Waals surface area contributed by atoms with Crippen LogP contribution in [0.1, 0.15) is 26.4 Å². The molecule has 4 rings (SSSR count). The van der Waals surface area contributed by atoms with E-state index < -0.39 is 0 Å². The first-order chi connectivity index (χ1) is 13.5. The number of carbonyl (C=O) groups excluding carboxylic acids is 1. The molecule has 1 aromatic heterocycles. The monoisotopic (exact) mass is 425 g/mol. The number of hydrogen-bond donors (Lipinski definition) is 1. The second-order valence-corrected chi connectivity index (χ2v) is 8.54. The smallest absolute Gasteiger partial charge is 0.266 e. The number of benzene rings is 3. The van der Waals surface area contributed by atoms with Crippen LogP contribution in [0.4, 0.5) is 5.69 Å². The SMILES string of the molecule is Cc1ccc(Cc2c(C(=O)Nc3cc(Cl)ccc3Cl)sc3ccccc23)cc1. The summed E-state index contributed by atoms with van der Waals surface area (Å²) in [4.78, 5) is 13.8. The number of carbonyl (C=O) groups is 1. The number of hydrogen-bond acceptors (Lipinski definition) is 2. The number of fused-ring (bicyclic) bond motifs is 1. The summed E-state index contributed by atoms with van der Waals surface area (Å²) in [5.41, 5.74) is 3.93. The number of thiophene rings is 1. The Hall–Kier alpha value is -2.33. The Morgan fingerprint density at radius 1 is 1.00 bits per heavy atom. The highest BCUT2D eigenvalue weighted by Crippen LogP contribution is 2.34. The van der Waals surface area contributed by atoms with Crippen molar-refractivity contribution in [3.05, 3.63) is 98.3 Å². The molecule has 1 N–H and O–H groups in total. The zero-order chi connectivity index (χ0) is 19.7. The second-order valence-electron chi connectivity index (χ2n) is 6.65. The van der Waals surface area contributed by atoms with Crippen molar-refractivity contribution in [2.75, 3.05) is 5.32 Å². The Morgan fingerprint density at radius 3 is 2.54 bits per heavy atom. The first-order valence-electron chi connectivity index (χ1n) is 8.83. The van der Waals surface area contributed by atoms with Gasteiger partial charge in [-0.25, -0.2) is 0 Å². The summed E-state index contributed by atoms with van der Waals surface area (Å²) in [7, 11) is 0. The molecule has 0 saturated heterocycles. The van der Waals surface area contributed by atoms with Crippen molar-refractivity contribution in [3.63, 3.8) is 0 Å². The molecule has 0 bridgehead atoms. The molecule has 0 aliphatic heterocycles. The minimum absolute atomic E-state index is 0.174. The van der Waals surface area contributed by atoms with Crippen LogP contribution in [0.3, 0.4) is 0 Å². The zero-order valence-electron chi connectivity index (χ0n) is 15.1. The number of amides is 1. The van der Waals surface area contributed by atoms with Crippen molar-refractivity contribution >= 4 is 56.2 Å². The molecule has 1 amide bonds. The van der Waals surface area contributed by atoms with E-state index >= 15 is 0 Å². The fourth-order valence-electron chi connectivity index (χ4n) is 3.14. The van der Waals surface area contributed by atoms with Gasteiger partial charge in [-0.2, -0.15) is 0 Å². The van der Waals surface area contributed by atoms with E-state index in [-0.39, 0.29) is 5.91 Å². The van der Waals surface area contributed by atoms with Crippen LogP contribution in [-0.2, 0) is 6.42 Å². The van der Waals surface area contributed by atoms with Gasteiger partial charge in [0.2, 0.25) is 0 Å². The molecule has 0 radical (unpaired) electrons. The highest BCUT2D eigenvalue weighted by atomic mass is 35.5. The lowest BCUT2D eigenvalue weighted by Crippen LogP contribution is -2.12. The van der Waals surface area contributed by atoms with Gasteiger partial charge in [0.15, 0.2) is 0 Å². The van der Waals surface area contributed by atoms with Gasteiger partial charge in [0, 0.05) is 9.72 Å². The van der Waals surface area contributed by atoms with Crippen LogP contribution in [0.5, 0.6) is 0 Å². The molecule has 1 heterocycles. The van der Waals surface area contributed by atoms with Crippen LogP contribution in [0.25, 0.3) is 10.1 Å². The topological polar surface area (TPSA) is 29.1 Å². The Morgan fingerprint density at radius 2 is 1.75 bits per heavy atom. The maximum absolute atomic E-state index is 13.1. The molecule has 0 aliphatic carbocycles. The van der Waals surface area contributed by atoms with Gasteiger partial charge in [-0.15, -0.1) is 11.3 Å². The van der Waals surface area contributed by atoms with Crippen LogP contribution in [0, 0.1) is 6.92 Å². The van der Waals surface area contributed by atoms with Gasteiger partial charge >= 0.3 is 0 Å². The molecular formula is C23H17Cl2NOS. The van der Waals surface area contributed by atoms with Gasteiger partial charge in [0.25, 0.3) is 5.91 Å². The maximum Gasteiger partial charge on any atom is 0.266 e. The fourth-order valence-corrected chi connectivity index (χ4v) is 4.59. The molecule has 4 aromatic rings. The fraction of sp³-hybridized carbons (Fsp3) is 0.0870. The van der Waals surface area contributed by atoms with Crippen LogP contribution < -0.4 is 5.32 Å². The van der Waals surface area contributed by atoms with Crippen molar-refractivity contribution in [1.29, 1.82) is 0 Å². The van der Waals surface area contributed by atoms with E-state index in [4.69, 9.17) is 23.2 Å². The third-order valence-electron chi connectivity index (χ3n) is 4.58. The summed E-state index contributed by atoms with van der Waals surface area (Å²) in [6.45, 7) is 2.07. The summed E-state index contributed by atoms with van der Waals surface area (Å²) >= 11 is 13.8. The van der Waals surface area contributed by atoms with E-state index in [1.165, 1.54) is 22.5 Å². The lowest BCUT2D eigenvalue weighted by Gasteiger charge is -2.09. The molecule has 0 unspecified atom stereocenters. The predicted octanol–water partition coefficient (Wildman–Crippen LogP) is 7.36. The van der Waals surface area contributed by atoms with Gasteiger partial charge in [0.05, 0.1) is 15.6 Å². The quantitative estimate of drug-likeness (QED) is 0.363. The number of nitrogens with one attached hydrogen (secondary N) is 1. The Bertz CT molecular complexity index is 1170. The molecular weight excluding hydrogens is 409 g/mol. The van der Waals surface area contributed by atoms with Gasteiger partial charge in [-0.05, 0) is 54.1 Å². The van der Waals surface area contributed by atoms with Crippen molar-refractivity contribution < 1.29 is 4.79 Å². The Labute approximate surface area is 177 Å². The number of rotatable bonds is 4. The van der Waals surface area contributed by atoms with Crippen LogP contribution in [0.2, 0.25) is 10.0 Å². The lowest BCUT2D eigenvalue weighted by molar-refractivity contribution is 0.103. The molecule has 0 aliphatic rings. The standard InChI is InChI=1S/C23H17Cl2NOS/c1-14-6-8-15(9-7-14)12-18-17-4-2-3-5-21(17)28-22(18)23(27)26-20-13-16(24)10-11-19(20)25/h2-11,13H,12H2,1H3,(H,26,27). The number of aryl methyl sites for hydroxylation is 1. The van der Waals surface area contributed by atoms with Crippen LogP contribution >= 0.6 is 34.5 Å². The number of anilines is 1. The van der Waals surface area contributed by atoms with Crippen molar-refractivity contribution in [1.82, 2.24) is 0 Å². The lowest BCUT2D eigenvalue weighted by atomic mass is 10.0. The molecule has 0 saturated carbocycles. The average molecular weight is 426 g/mol. The molecule has 3 aromatic carbocycles. The van der Waals surface area contributed by atoms with Crippen molar-refractivity contribution in [2.24, 2.45) is 0 Å². The van der Waals surface area contributed by atoms with E-state index in [0.29, 0.717) is 27.0 Å². The molecule has 28 heavy (non-hydrogen) atoms.